The molecule has 3 aliphatic heterocycles. The van der Waals surface area contributed by atoms with Crippen LogP contribution in [0, 0.1) is 0 Å². The Morgan fingerprint density at radius 2 is 1.44 bits per heavy atom. The van der Waals surface area contributed by atoms with Crippen molar-refractivity contribution < 1.29 is 18.9 Å². The maximum atomic E-state index is 6.35. The van der Waals surface area contributed by atoms with Crippen LogP contribution in [-0.2, 0) is 18.9 Å². The second kappa shape index (κ2) is 5.08. The molecular formula is C14H24O4. The monoisotopic (exact) mass is 256 g/mol. The van der Waals surface area contributed by atoms with Crippen molar-refractivity contribution in [3.8, 4) is 0 Å². The van der Waals surface area contributed by atoms with E-state index in [0.717, 1.165) is 51.7 Å². The highest BCUT2D eigenvalue weighted by atomic mass is 16.8. The minimum Gasteiger partial charge on any atom is -0.381 e. The molecule has 4 heteroatoms. The topological polar surface area (TPSA) is 36.9 Å². The van der Waals surface area contributed by atoms with Gasteiger partial charge in [0.05, 0.1) is 19.3 Å². The maximum absolute atomic E-state index is 6.35. The number of methoxy groups -OCH3 is 1. The maximum Gasteiger partial charge on any atom is 0.174 e. The zero-order valence-electron chi connectivity index (χ0n) is 11.3. The zero-order chi connectivity index (χ0) is 12.5. The Hall–Kier alpha value is -0.160. The van der Waals surface area contributed by atoms with Crippen LogP contribution in [0.25, 0.3) is 0 Å². The lowest BCUT2D eigenvalue weighted by atomic mass is 9.88. The van der Waals surface area contributed by atoms with Gasteiger partial charge in [-0.3, -0.25) is 0 Å². The summed E-state index contributed by atoms with van der Waals surface area (Å²) in [6, 6.07) is 0. The van der Waals surface area contributed by atoms with Gasteiger partial charge in [0.1, 0.15) is 0 Å². The van der Waals surface area contributed by atoms with Crippen LogP contribution in [0.1, 0.15) is 51.4 Å². The van der Waals surface area contributed by atoms with E-state index in [4.69, 9.17) is 18.9 Å². The fourth-order valence-corrected chi connectivity index (χ4v) is 3.49. The average molecular weight is 256 g/mol. The van der Waals surface area contributed by atoms with Gasteiger partial charge in [-0.25, -0.2) is 0 Å². The Bertz CT molecular complexity index is 254. The van der Waals surface area contributed by atoms with Gasteiger partial charge in [-0.2, -0.15) is 0 Å². The molecule has 0 N–H and O–H groups in total. The van der Waals surface area contributed by atoms with Gasteiger partial charge in [0.25, 0.3) is 0 Å². The van der Waals surface area contributed by atoms with E-state index in [1.807, 2.05) is 0 Å². The van der Waals surface area contributed by atoms with Gasteiger partial charge in [0.2, 0.25) is 0 Å². The SMILES string of the molecule is COC1C[C@]2(CCCCO2)O[C@]2(CCCCO2)C1. The molecule has 0 aromatic rings. The molecule has 1 unspecified atom stereocenters. The minimum absolute atomic E-state index is 0.190. The highest BCUT2D eigenvalue weighted by molar-refractivity contribution is 4.91. The van der Waals surface area contributed by atoms with Crippen LogP contribution >= 0.6 is 0 Å². The molecule has 3 fully saturated rings. The van der Waals surface area contributed by atoms with Crippen LogP contribution < -0.4 is 0 Å². The van der Waals surface area contributed by atoms with Gasteiger partial charge in [0, 0.05) is 32.8 Å². The third-order valence-electron chi connectivity index (χ3n) is 4.42. The van der Waals surface area contributed by atoms with Crippen LogP contribution in [0.3, 0.4) is 0 Å². The summed E-state index contributed by atoms with van der Waals surface area (Å²) >= 11 is 0. The Morgan fingerprint density at radius 3 is 1.83 bits per heavy atom. The molecule has 3 atom stereocenters. The Balaban J connectivity index is 1.78. The number of rotatable bonds is 1. The molecule has 4 nitrogen and oxygen atoms in total. The Labute approximate surface area is 109 Å². The third kappa shape index (κ3) is 2.44. The van der Waals surface area contributed by atoms with Gasteiger partial charge >= 0.3 is 0 Å². The van der Waals surface area contributed by atoms with E-state index in [-0.39, 0.29) is 6.10 Å². The standard InChI is InChI=1S/C14H24O4/c1-15-12-10-13(6-2-4-8-16-13)18-14(11-12)7-3-5-9-17-14/h12H,2-11H2,1H3/t12?,13-,14+. The van der Waals surface area contributed by atoms with Crippen molar-refractivity contribution in [1.82, 2.24) is 0 Å². The van der Waals surface area contributed by atoms with Crippen molar-refractivity contribution in [1.29, 1.82) is 0 Å². The van der Waals surface area contributed by atoms with Crippen molar-refractivity contribution in [2.45, 2.75) is 69.0 Å². The minimum atomic E-state index is -0.450. The molecule has 3 heterocycles. The molecule has 18 heavy (non-hydrogen) atoms. The van der Waals surface area contributed by atoms with Crippen molar-refractivity contribution in [2.75, 3.05) is 20.3 Å². The molecule has 104 valence electrons. The van der Waals surface area contributed by atoms with Crippen LogP contribution in [0.4, 0.5) is 0 Å². The van der Waals surface area contributed by atoms with Gasteiger partial charge in [-0.15, -0.1) is 0 Å². The van der Waals surface area contributed by atoms with Gasteiger partial charge in [-0.05, 0) is 25.7 Å². The smallest absolute Gasteiger partial charge is 0.174 e. The van der Waals surface area contributed by atoms with E-state index in [9.17, 15) is 0 Å². The predicted octanol–water partition coefficient (Wildman–Crippen LogP) is 2.61. The molecular weight excluding hydrogens is 232 g/mol. The van der Waals surface area contributed by atoms with E-state index in [0.29, 0.717) is 0 Å². The quantitative estimate of drug-likeness (QED) is 0.722. The largest absolute Gasteiger partial charge is 0.381 e. The summed E-state index contributed by atoms with van der Waals surface area (Å²) in [5.74, 6) is -0.900. The van der Waals surface area contributed by atoms with E-state index in [1.165, 1.54) is 12.8 Å². The molecule has 0 aromatic heterocycles. The lowest BCUT2D eigenvalue weighted by Gasteiger charge is -2.52. The summed E-state index contributed by atoms with van der Waals surface area (Å²) in [6.07, 6.45) is 8.43. The number of hydrogen-bond acceptors (Lipinski definition) is 4. The lowest BCUT2D eigenvalue weighted by molar-refractivity contribution is -0.408. The summed E-state index contributed by atoms with van der Waals surface area (Å²) in [7, 11) is 1.78. The molecule has 0 aliphatic carbocycles. The van der Waals surface area contributed by atoms with E-state index < -0.39 is 11.6 Å². The highest BCUT2D eigenvalue weighted by Gasteiger charge is 2.52. The summed E-state index contributed by atoms with van der Waals surface area (Å²) < 4.78 is 23.9. The molecule has 2 spiro atoms. The lowest BCUT2D eigenvalue weighted by Crippen LogP contribution is -2.58. The van der Waals surface area contributed by atoms with E-state index in [2.05, 4.69) is 0 Å². The number of ether oxygens (including phenoxy) is 4. The first kappa shape index (κ1) is 12.9. The Morgan fingerprint density at radius 1 is 0.889 bits per heavy atom. The summed E-state index contributed by atoms with van der Waals surface area (Å²) in [5, 5.41) is 0. The molecule has 0 amide bonds. The molecule has 3 aliphatic rings. The van der Waals surface area contributed by atoms with Crippen molar-refractivity contribution >= 4 is 0 Å². The second-order valence-electron chi connectivity index (χ2n) is 5.80. The van der Waals surface area contributed by atoms with E-state index in [1.54, 1.807) is 7.11 Å². The van der Waals surface area contributed by atoms with E-state index >= 15 is 0 Å². The Kier molecular flexibility index (Phi) is 3.63. The zero-order valence-corrected chi connectivity index (χ0v) is 11.3. The molecule has 3 rings (SSSR count). The third-order valence-corrected chi connectivity index (χ3v) is 4.42. The molecule has 0 radical (unpaired) electrons. The first-order chi connectivity index (χ1) is 8.76. The van der Waals surface area contributed by atoms with Gasteiger partial charge < -0.3 is 18.9 Å². The van der Waals surface area contributed by atoms with Gasteiger partial charge in [-0.1, -0.05) is 0 Å². The van der Waals surface area contributed by atoms with Crippen LogP contribution in [-0.4, -0.2) is 38.0 Å². The van der Waals surface area contributed by atoms with Crippen LogP contribution in [0.15, 0.2) is 0 Å². The molecule has 0 saturated carbocycles. The fourth-order valence-electron chi connectivity index (χ4n) is 3.49. The van der Waals surface area contributed by atoms with Crippen molar-refractivity contribution in [3.63, 3.8) is 0 Å². The van der Waals surface area contributed by atoms with Crippen molar-refractivity contribution in [2.24, 2.45) is 0 Å². The number of hydrogen-bond donors (Lipinski definition) is 0. The fraction of sp³-hybridized carbons (Fsp3) is 1.00. The average Bonchev–Trinajstić information content (AvgIpc) is 2.39. The first-order valence-electron chi connectivity index (χ1n) is 7.27. The first-order valence-corrected chi connectivity index (χ1v) is 7.27. The molecule has 0 aromatic carbocycles. The van der Waals surface area contributed by atoms with Gasteiger partial charge in [0.15, 0.2) is 11.6 Å². The predicted molar refractivity (Wildman–Crippen MR) is 66.2 cm³/mol. The van der Waals surface area contributed by atoms with Crippen molar-refractivity contribution in [3.05, 3.63) is 0 Å². The summed E-state index contributed by atoms with van der Waals surface area (Å²) in [6.45, 7) is 1.60. The normalized spacial score (nSPS) is 45.5. The highest BCUT2D eigenvalue weighted by Crippen LogP contribution is 2.46. The molecule has 0 bridgehead atoms. The molecule has 3 saturated heterocycles. The van der Waals surface area contributed by atoms with Crippen LogP contribution in [0.5, 0.6) is 0 Å². The summed E-state index contributed by atoms with van der Waals surface area (Å²) in [4.78, 5) is 0. The summed E-state index contributed by atoms with van der Waals surface area (Å²) in [5.41, 5.74) is 0. The second-order valence-corrected chi connectivity index (χ2v) is 5.80. The van der Waals surface area contributed by atoms with Crippen LogP contribution in [0.2, 0.25) is 0 Å².